The number of carboxylic acid groups (broad SMARTS) is 1. The molecule has 0 saturated heterocycles. The minimum Gasteiger partial charge on any atom is -0.545 e. The zero-order valence-electron chi connectivity index (χ0n) is 11.4. The first-order valence-corrected chi connectivity index (χ1v) is 6.32. The molecule has 0 radical (unpaired) electrons. The van der Waals surface area contributed by atoms with Gasteiger partial charge < -0.3 is 9.90 Å². The van der Waals surface area contributed by atoms with Crippen LogP contribution in [0.2, 0.25) is 0 Å². The van der Waals surface area contributed by atoms with E-state index in [9.17, 15) is 20.0 Å². The van der Waals surface area contributed by atoms with Crippen LogP contribution in [0.15, 0.2) is 59.6 Å². The Hall–Kier alpha value is -3.28. The number of nitrogens with zero attached hydrogens (tertiary/aromatic N) is 2. The lowest BCUT2D eigenvalue weighted by Crippen LogP contribution is -2.18. The van der Waals surface area contributed by atoms with Crippen LogP contribution in [0.4, 0.5) is 11.4 Å². The smallest absolute Gasteiger partial charge is 0.270 e. The Morgan fingerprint density at radius 3 is 2.55 bits per heavy atom. The van der Waals surface area contributed by atoms with E-state index in [0.29, 0.717) is 16.8 Å². The number of hydrogen-bond acceptors (Lipinski definition) is 5. The van der Waals surface area contributed by atoms with Gasteiger partial charge in [-0.2, -0.15) is 0 Å². The number of carbonyl (C=O) groups is 1. The summed E-state index contributed by atoms with van der Waals surface area (Å²) in [6.45, 7) is 0. The lowest BCUT2D eigenvalue weighted by molar-refractivity contribution is -0.384. The topological polar surface area (TPSA) is 95.6 Å². The summed E-state index contributed by atoms with van der Waals surface area (Å²) >= 11 is 0. The van der Waals surface area contributed by atoms with Gasteiger partial charge in [0.2, 0.25) is 0 Å². The molecule has 0 fully saturated rings. The van der Waals surface area contributed by atoms with Gasteiger partial charge in [-0.25, -0.2) is 0 Å². The van der Waals surface area contributed by atoms with Gasteiger partial charge in [-0.1, -0.05) is 30.3 Å². The zero-order valence-corrected chi connectivity index (χ0v) is 11.4. The van der Waals surface area contributed by atoms with Gasteiger partial charge in [0, 0.05) is 18.3 Å². The van der Waals surface area contributed by atoms with Crippen molar-refractivity contribution in [1.82, 2.24) is 0 Å². The molecule has 6 heteroatoms. The number of benzene rings is 2. The highest BCUT2D eigenvalue weighted by Crippen LogP contribution is 2.16. The van der Waals surface area contributed by atoms with E-state index in [2.05, 4.69) is 4.99 Å². The van der Waals surface area contributed by atoms with Crippen LogP contribution in [0.5, 0.6) is 0 Å². The van der Waals surface area contributed by atoms with Crippen molar-refractivity contribution in [3.8, 4) is 0 Å². The lowest BCUT2D eigenvalue weighted by atomic mass is 10.2. The first kappa shape index (κ1) is 15.1. The fraction of sp³-hybridized carbons (Fsp3) is 0. The van der Waals surface area contributed by atoms with Crippen molar-refractivity contribution in [2.75, 3.05) is 0 Å². The minimum atomic E-state index is -1.27. The Morgan fingerprint density at radius 2 is 1.82 bits per heavy atom. The SMILES string of the molecule is O=C([O-])/C=C/c1cccc(N=Cc2cccc([N+](=O)[O-])c2)c1. The Balaban J connectivity index is 2.19. The third-order valence-corrected chi connectivity index (χ3v) is 2.73. The summed E-state index contributed by atoms with van der Waals surface area (Å²) in [4.78, 5) is 24.8. The third kappa shape index (κ3) is 4.38. The van der Waals surface area contributed by atoms with E-state index in [-0.39, 0.29) is 5.69 Å². The van der Waals surface area contributed by atoms with Crippen LogP contribution >= 0.6 is 0 Å². The third-order valence-electron chi connectivity index (χ3n) is 2.73. The summed E-state index contributed by atoms with van der Waals surface area (Å²) in [5.41, 5.74) is 1.87. The Morgan fingerprint density at radius 1 is 1.09 bits per heavy atom. The Bertz CT molecular complexity index is 766. The highest BCUT2D eigenvalue weighted by atomic mass is 16.6. The first-order chi connectivity index (χ1) is 10.5. The molecule has 2 rings (SSSR count). The normalized spacial score (nSPS) is 11.1. The summed E-state index contributed by atoms with van der Waals surface area (Å²) in [7, 11) is 0. The van der Waals surface area contributed by atoms with E-state index >= 15 is 0 Å². The van der Waals surface area contributed by atoms with Crippen LogP contribution in [0.25, 0.3) is 6.08 Å². The number of rotatable bonds is 5. The van der Waals surface area contributed by atoms with Crippen LogP contribution in [0.3, 0.4) is 0 Å². The maximum Gasteiger partial charge on any atom is 0.270 e. The van der Waals surface area contributed by atoms with Gasteiger partial charge in [-0.05, 0) is 29.3 Å². The van der Waals surface area contributed by atoms with E-state index in [1.807, 2.05) is 0 Å². The van der Waals surface area contributed by atoms with Gasteiger partial charge in [-0.15, -0.1) is 0 Å². The average molecular weight is 295 g/mol. The number of non-ortho nitro benzene ring substituents is 1. The summed E-state index contributed by atoms with van der Waals surface area (Å²) in [6, 6.07) is 13.0. The molecule has 2 aromatic carbocycles. The van der Waals surface area contributed by atoms with Crippen molar-refractivity contribution in [3.63, 3.8) is 0 Å². The van der Waals surface area contributed by atoms with Gasteiger partial charge in [0.25, 0.3) is 5.69 Å². The number of nitro benzene ring substituents is 1. The summed E-state index contributed by atoms with van der Waals surface area (Å²) < 4.78 is 0. The van der Waals surface area contributed by atoms with Gasteiger partial charge >= 0.3 is 0 Å². The van der Waals surface area contributed by atoms with Gasteiger partial charge in [-0.3, -0.25) is 15.1 Å². The second kappa shape index (κ2) is 6.94. The maximum atomic E-state index is 10.7. The number of hydrogen-bond donors (Lipinski definition) is 0. The molecule has 2 aromatic rings. The molecule has 0 atom stereocenters. The van der Waals surface area contributed by atoms with E-state index < -0.39 is 10.9 Å². The van der Waals surface area contributed by atoms with E-state index in [1.54, 1.807) is 36.4 Å². The van der Waals surface area contributed by atoms with E-state index in [4.69, 9.17) is 0 Å². The zero-order chi connectivity index (χ0) is 15.9. The van der Waals surface area contributed by atoms with E-state index in [0.717, 1.165) is 6.08 Å². The summed E-state index contributed by atoms with van der Waals surface area (Å²) in [6.07, 6.45) is 3.85. The monoisotopic (exact) mass is 295 g/mol. The molecule has 0 unspecified atom stereocenters. The standard InChI is InChI=1S/C16H12N2O4/c19-16(20)8-7-12-3-1-5-14(9-12)17-11-13-4-2-6-15(10-13)18(21)22/h1-11H,(H,19,20)/p-1/b8-7+,17-11?. The minimum absolute atomic E-state index is 0.00501. The average Bonchev–Trinajstić information content (AvgIpc) is 2.51. The molecule has 0 aliphatic rings. The van der Waals surface area contributed by atoms with Crippen molar-refractivity contribution in [3.05, 3.63) is 75.8 Å². The number of aliphatic imine (C=N–C) groups is 1. The highest BCUT2D eigenvalue weighted by Gasteiger charge is 2.03. The molecule has 0 saturated carbocycles. The molecule has 0 N–H and O–H groups in total. The number of nitro groups is 1. The fourth-order valence-electron chi connectivity index (χ4n) is 1.74. The van der Waals surface area contributed by atoms with Crippen LogP contribution in [-0.4, -0.2) is 17.1 Å². The molecule has 0 aromatic heterocycles. The molecule has 0 heterocycles. The van der Waals surface area contributed by atoms with Crippen LogP contribution in [-0.2, 0) is 4.79 Å². The molecule has 0 aliphatic carbocycles. The molecule has 0 amide bonds. The molecule has 0 aliphatic heterocycles. The van der Waals surface area contributed by atoms with Gasteiger partial charge in [0.15, 0.2) is 0 Å². The largest absolute Gasteiger partial charge is 0.545 e. The second-order valence-electron chi connectivity index (χ2n) is 4.36. The molecular formula is C16H11N2O4-. The van der Waals surface area contributed by atoms with Crippen molar-refractivity contribution < 1.29 is 14.8 Å². The van der Waals surface area contributed by atoms with Crippen LogP contribution in [0.1, 0.15) is 11.1 Å². The first-order valence-electron chi connectivity index (χ1n) is 6.32. The quantitative estimate of drug-likeness (QED) is 0.365. The second-order valence-corrected chi connectivity index (χ2v) is 4.36. The fourth-order valence-corrected chi connectivity index (χ4v) is 1.74. The molecule has 110 valence electrons. The highest BCUT2D eigenvalue weighted by molar-refractivity contribution is 5.85. The molecule has 0 spiro atoms. The predicted octanol–water partition coefficient (Wildman–Crippen LogP) is 2.11. The van der Waals surface area contributed by atoms with E-state index in [1.165, 1.54) is 24.4 Å². The predicted molar refractivity (Wildman–Crippen MR) is 80.8 cm³/mol. The van der Waals surface area contributed by atoms with Gasteiger partial charge in [0.1, 0.15) is 0 Å². The molecular weight excluding hydrogens is 284 g/mol. The summed E-state index contributed by atoms with van der Waals surface area (Å²) in [5.74, 6) is -1.27. The van der Waals surface area contributed by atoms with Crippen molar-refractivity contribution >= 4 is 29.6 Å². The summed E-state index contributed by atoms with van der Waals surface area (Å²) in [5, 5.41) is 21.1. The molecule has 22 heavy (non-hydrogen) atoms. The number of carboxylic acids is 1. The van der Waals surface area contributed by atoms with Crippen molar-refractivity contribution in [1.29, 1.82) is 0 Å². The molecule has 0 bridgehead atoms. The number of aliphatic carboxylic acids is 1. The van der Waals surface area contributed by atoms with Crippen LogP contribution in [0, 0.1) is 10.1 Å². The van der Waals surface area contributed by atoms with Crippen molar-refractivity contribution in [2.24, 2.45) is 4.99 Å². The lowest BCUT2D eigenvalue weighted by Gasteiger charge is -1.98. The van der Waals surface area contributed by atoms with Crippen LogP contribution < -0.4 is 5.11 Å². The number of carbonyl (C=O) groups excluding carboxylic acids is 1. The van der Waals surface area contributed by atoms with Gasteiger partial charge in [0.05, 0.1) is 16.6 Å². The van der Waals surface area contributed by atoms with Crippen molar-refractivity contribution in [2.45, 2.75) is 0 Å². The maximum absolute atomic E-state index is 10.7. The Kier molecular flexibility index (Phi) is 4.77. The Labute approximate surface area is 126 Å². The molecule has 6 nitrogen and oxygen atoms in total.